The van der Waals surface area contributed by atoms with E-state index in [2.05, 4.69) is 39.5 Å². The molecule has 1 unspecified atom stereocenters. The molecule has 1 aliphatic rings. The van der Waals surface area contributed by atoms with Crippen LogP contribution in [0.2, 0.25) is 0 Å². The van der Waals surface area contributed by atoms with Crippen LogP contribution < -0.4 is 4.90 Å². The molecule has 98 valence electrons. The molecule has 1 aromatic rings. The molecule has 1 heterocycles. The molecule has 2 rings (SSSR count). The Kier molecular flexibility index (Phi) is 2.84. The van der Waals surface area contributed by atoms with Crippen LogP contribution in [0.4, 0.5) is 11.4 Å². The molecular weight excluding hydrogens is 228 g/mol. The molecule has 0 aliphatic carbocycles. The zero-order chi connectivity index (χ0) is 13.7. The number of nitro groups is 1. The van der Waals surface area contributed by atoms with Crippen LogP contribution >= 0.6 is 0 Å². The number of hydrogen-bond acceptors (Lipinski definition) is 3. The maximum absolute atomic E-state index is 10.9. The van der Waals surface area contributed by atoms with Gasteiger partial charge in [-0.2, -0.15) is 0 Å². The monoisotopic (exact) mass is 248 g/mol. The third-order valence-corrected chi connectivity index (χ3v) is 4.18. The van der Waals surface area contributed by atoms with Crippen LogP contribution in [-0.4, -0.2) is 17.0 Å². The van der Waals surface area contributed by atoms with Gasteiger partial charge in [-0.15, -0.1) is 0 Å². The molecule has 1 atom stereocenters. The van der Waals surface area contributed by atoms with E-state index in [1.165, 1.54) is 5.56 Å². The van der Waals surface area contributed by atoms with Crippen LogP contribution in [0.15, 0.2) is 18.2 Å². The fraction of sp³-hybridized carbons (Fsp3) is 0.571. The highest BCUT2D eigenvalue weighted by Gasteiger charge is 2.43. The second-order valence-electron chi connectivity index (χ2n) is 5.86. The molecule has 0 fully saturated rings. The Balaban J connectivity index is 2.61. The summed E-state index contributed by atoms with van der Waals surface area (Å²) in [6.07, 6.45) is 0. The van der Waals surface area contributed by atoms with Crippen molar-refractivity contribution in [3.05, 3.63) is 33.9 Å². The van der Waals surface area contributed by atoms with Gasteiger partial charge in [0.05, 0.1) is 4.92 Å². The van der Waals surface area contributed by atoms with Gasteiger partial charge in [0.25, 0.3) is 5.69 Å². The first kappa shape index (κ1) is 12.9. The first-order valence-electron chi connectivity index (χ1n) is 6.34. The molecule has 0 amide bonds. The van der Waals surface area contributed by atoms with Gasteiger partial charge in [-0.25, -0.2) is 0 Å². The summed E-state index contributed by atoms with van der Waals surface area (Å²) >= 11 is 0. The molecule has 1 aliphatic heterocycles. The minimum Gasteiger partial charge on any atom is -0.365 e. The van der Waals surface area contributed by atoms with E-state index < -0.39 is 0 Å². The lowest BCUT2D eigenvalue weighted by molar-refractivity contribution is -0.384. The Morgan fingerprint density at radius 3 is 2.50 bits per heavy atom. The Morgan fingerprint density at radius 2 is 2.00 bits per heavy atom. The number of non-ortho nitro benzene ring substituents is 1. The summed E-state index contributed by atoms with van der Waals surface area (Å²) in [5.41, 5.74) is 2.41. The van der Waals surface area contributed by atoms with E-state index in [1.807, 2.05) is 6.07 Å². The Hall–Kier alpha value is -1.58. The number of rotatable bonds is 2. The summed E-state index contributed by atoms with van der Waals surface area (Å²) in [4.78, 5) is 12.9. The Bertz CT molecular complexity index is 495. The van der Waals surface area contributed by atoms with Crippen LogP contribution in [0.1, 0.15) is 40.2 Å². The number of nitro benzene ring substituents is 1. The standard InChI is InChI=1S/C14H20N2O2/c1-9(2)15-10(3)14(4,5)12-7-6-11(16(17)18)8-13(12)15/h6-10H,1-5H3. The zero-order valence-corrected chi connectivity index (χ0v) is 11.6. The SMILES string of the molecule is CC(C)N1c2cc([N+](=O)[O-])ccc2C(C)(C)C1C. The Labute approximate surface area is 108 Å². The molecule has 0 saturated carbocycles. The first-order chi connectivity index (χ1) is 8.26. The summed E-state index contributed by atoms with van der Waals surface area (Å²) < 4.78 is 0. The normalized spacial score (nSPS) is 21.2. The summed E-state index contributed by atoms with van der Waals surface area (Å²) in [7, 11) is 0. The van der Waals surface area contributed by atoms with Gasteiger partial charge in [0, 0.05) is 35.3 Å². The molecule has 18 heavy (non-hydrogen) atoms. The van der Waals surface area contributed by atoms with E-state index in [9.17, 15) is 10.1 Å². The molecule has 0 spiro atoms. The lowest BCUT2D eigenvalue weighted by atomic mass is 9.81. The molecule has 0 saturated heterocycles. The summed E-state index contributed by atoms with van der Waals surface area (Å²) in [5, 5.41) is 10.9. The lowest BCUT2D eigenvalue weighted by Gasteiger charge is -2.34. The second-order valence-corrected chi connectivity index (χ2v) is 5.86. The maximum atomic E-state index is 10.9. The average Bonchev–Trinajstić information content (AvgIpc) is 2.47. The van der Waals surface area contributed by atoms with Gasteiger partial charge in [-0.05, 0) is 32.4 Å². The van der Waals surface area contributed by atoms with Gasteiger partial charge >= 0.3 is 0 Å². The fourth-order valence-corrected chi connectivity index (χ4v) is 2.90. The Morgan fingerprint density at radius 1 is 1.39 bits per heavy atom. The number of benzene rings is 1. The molecule has 0 bridgehead atoms. The summed E-state index contributed by atoms with van der Waals surface area (Å²) in [6.45, 7) is 10.8. The van der Waals surface area contributed by atoms with Crippen molar-refractivity contribution in [3.8, 4) is 0 Å². The van der Waals surface area contributed by atoms with Crippen molar-refractivity contribution in [1.29, 1.82) is 0 Å². The average molecular weight is 248 g/mol. The molecular formula is C14H20N2O2. The van der Waals surface area contributed by atoms with Gasteiger partial charge in [-0.1, -0.05) is 13.8 Å². The fourth-order valence-electron chi connectivity index (χ4n) is 2.90. The second kappa shape index (κ2) is 3.97. The van der Waals surface area contributed by atoms with Crippen LogP contribution in [0.5, 0.6) is 0 Å². The number of hydrogen-bond donors (Lipinski definition) is 0. The van der Waals surface area contributed by atoms with E-state index >= 15 is 0 Å². The van der Waals surface area contributed by atoms with Gasteiger partial charge < -0.3 is 4.90 Å². The first-order valence-corrected chi connectivity index (χ1v) is 6.34. The van der Waals surface area contributed by atoms with Crippen molar-refractivity contribution in [1.82, 2.24) is 0 Å². The van der Waals surface area contributed by atoms with E-state index in [-0.39, 0.29) is 16.0 Å². The predicted octanol–water partition coefficient (Wildman–Crippen LogP) is 3.49. The number of anilines is 1. The minimum atomic E-state index is -0.325. The van der Waals surface area contributed by atoms with E-state index in [0.717, 1.165) is 5.69 Å². The van der Waals surface area contributed by atoms with Gasteiger partial charge in [0.1, 0.15) is 0 Å². The van der Waals surface area contributed by atoms with Crippen LogP contribution in [0, 0.1) is 10.1 Å². The molecule has 0 radical (unpaired) electrons. The zero-order valence-electron chi connectivity index (χ0n) is 11.6. The largest absolute Gasteiger partial charge is 0.365 e. The lowest BCUT2D eigenvalue weighted by Crippen LogP contribution is -2.42. The van der Waals surface area contributed by atoms with Crippen LogP contribution in [-0.2, 0) is 5.41 Å². The highest BCUT2D eigenvalue weighted by molar-refractivity contribution is 5.67. The summed E-state index contributed by atoms with van der Waals surface area (Å²) in [5.74, 6) is 0. The molecule has 4 nitrogen and oxygen atoms in total. The van der Waals surface area contributed by atoms with Crippen molar-refractivity contribution >= 4 is 11.4 Å². The highest BCUT2D eigenvalue weighted by atomic mass is 16.6. The number of nitrogens with zero attached hydrogens (tertiary/aromatic N) is 2. The smallest absolute Gasteiger partial charge is 0.271 e. The topological polar surface area (TPSA) is 46.4 Å². The van der Waals surface area contributed by atoms with Crippen LogP contribution in [0.3, 0.4) is 0 Å². The summed E-state index contributed by atoms with van der Waals surface area (Å²) in [6, 6.07) is 5.90. The predicted molar refractivity (Wildman–Crippen MR) is 73.2 cm³/mol. The molecule has 1 aromatic carbocycles. The third kappa shape index (κ3) is 1.67. The van der Waals surface area contributed by atoms with Crippen molar-refractivity contribution in [3.63, 3.8) is 0 Å². The van der Waals surface area contributed by atoms with Crippen molar-refractivity contribution in [2.75, 3.05) is 4.90 Å². The van der Waals surface area contributed by atoms with Gasteiger partial charge in [-0.3, -0.25) is 10.1 Å². The van der Waals surface area contributed by atoms with E-state index in [1.54, 1.807) is 12.1 Å². The van der Waals surface area contributed by atoms with Crippen molar-refractivity contribution in [2.45, 2.75) is 52.1 Å². The van der Waals surface area contributed by atoms with Gasteiger partial charge in [0.2, 0.25) is 0 Å². The van der Waals surface area contributed by atoms with Crippen molar-refractivity contribution in [2.24, 2.45) is 0 Å². The van der Waals surface area contributed by atoms with Crippen LogP contribution in [0.25, 0.3) is 0 Å². The molecule has 0 aromatic heterocycles. The molecule has 4 heteroatoms. The quantitative estimate of drug-likeness (QED) is 0.594. The minimum absolute atomic E-state index is 0.0226. The third-order valence-electron chi connectivity index (χ3n) is 4.18. The van der Waals surface area contributed by atoms with Crippen molar-refractivity contribution < 1.29 is 4.92 Å². The highest BCUT2D eigenvalue weighted by Crippen LogP contribution is 2.47. The number of fused-ring (bicyclic) bond motifs is 1. The maximum Gasteiger partial charge on any atom is 0.271 e. The van der Waals surface area contributed by atoms with E-state index in [4.69, 9.17) is 0 Å². The molecule has 0 N–H and O–H groups in total. The van der Waals surface area contributed by atoms with E-state index in [0.29, 0.717) is 12.1 Å². The van der Waals surface area contributed by atoms with Gasteiger partial charge in [0.15, 0.2) is 0 Å².